The normalized spacial score (nSPS) is 16.0. The predicted octanol–water partition coefficient (Wildman–Crippen LogP) is 1.07. The number of rotatable bonds is 0. The first kappa shape index (κ1) is 6.44. The van der Waals surface area contributed by atoms with Crippen LogP contribution >= 0.6 is 0 Å². The van der Waals surface area contributed by atoms with Crippen molar-refractivity contribution < 1.29 is 5.48 Å². The van der Waals surface area contributed by atoms with E-state index in [0.29, 0.717) is 0 Å². The van der Waals surface area contributed by atoms with E-state index in [2.05, 4.69) is 24.3 Å². The van der Waals surface area contributed by atoms with Crippen LogP contribution in [0.25, 0.3) is 0 Å². The van der Waals surface area contributed by atoms with Gasteiger partial charge in [-0.1, -0.05) is 24.3 Å². The van der Waals surface area contributed by atoms with Crippen LogP contribution in [0.5, 0.6) is 0 Å². The first-order valence-corrected chi connectivity index (χ1v) is 2.30. The van der Waals surface area contributed by atoms with E-state index in [-0.39, 0.29) is 5.48 Å². The molecule has 1 heteroatoms. The van der Waals surface area contributed by atoms with Gasteiger partial charge in [-0.15, -0.1) is 0 Å². The zero-order chi connectivity index (χ0) is 4.24. The minimum atomic E-state index is 0. The molecule has 0 heterocycles. The number of allylic oxidation sites excluding steroid dienone is 4. The Morgan fingerprint density at radius 3 is 1.14 bits per heavy atom. The lowest BCUT2D eigenvalue weighted by molar-refractivity contribution is 0.824. The van der Waals surface area contributed by atoms with Crippen LogP contribution in [0.1, 0.15) is 12.8 Å². The van der Waals surface area contributed by atoms with E-state index in [9.17, 15) is 0 Å². The molecule has 0 amide bonds. The molecular formula is C6H10O. The monoisotopic (exact) mass is 98.1 g/mol. The fourth-order valence-corrected chi connectivity index (χ4v) is 0.542. The third-order valence-electron chi connectivity index (χ3n) is 0.878. The van der Waals surface area contributed by atoms with Gasteiger partial charge in [0.1, 0.15) is 0 Å². The molecule has 40 valence electrons. The van der Waals surface area contributed by atoms with Crippen molar-refractivity contribution in [3.05, 3.63) is 24.3 Å². The van der Waals surface area contributed by atoms with E-state index in [1.54, 1.807) is 0 Å². The second kappa shape index (κ2) is 3.62. The molecule has 1 aliphatic rings. The van der Waals surface area contributed by atoms with Crippen molar-refractivity contribution in [2.45, 2.75) is 12.8 Å². The molecule has 1 aliphatic carbocycles. The summed E-state index contributed by atoms with van der Waals surface area (Å²) in [6.45, 7) is 0. The van der Waals surface area contributed by atoms with Crippen molar-refractivity contribution in [2.24, 2.45) is 0 Å². The second-order valence-electron chi connectivity index (χ2n) is 1.41. The molecule has 0 fully saturated rings. The third kappa shape index (κ3) is 2.18. The van der Waals surface area contributed by atoms with Gasteiger partial charge in [-0.3, -0.25) is 0 Å². The smallest absolute Gasteiger partial charge is 0.0169 e. The van der Waals surface area contributed by atoms with Crippen molar-refractivity contribution >= 4 is 0 Å². The maximum Gasteiger partial charge on any atom is -0.0169 e. The highest BCUT2D eigenvalue weighted by Crippen LogP contribution is 1.97. The Kier molecular flexibility index (Phi) is 3.33. The molecule has 1 rings (SSSR count). The van der Waals surface area contributed by atoms with E-state index in [1.807, 2.05) is 0 Å². The third-order valence-corrected chi connectivity index (χ3v) is 0.878. The van der Waals surface area contributed by atoms with Crippen molar-refractivity contribution in [2.75, 3.05) is 0 Å². The lowest BCUT2D eigenvalue weighted by atomic mass is 10.2. The highest BCUT2D eigenvalue weighted by atomic mass is 16.0. The zero-order valence-corrected chi connectivity index (χ0v) is 4.22. The van der Waals surface area contributed by atoms with Crippen LogP contribution < -0.4 is 0 Å². The minimum absolute atomic E-state index is 0. The molecule has 0 aromatic rings. The topological polar surface area (TPSA) is 31.5 Å². The fourth-order valence-electron chi connectivity index (χ4n) is 0.542. The van der Waals surface area contributed by atoms with Gasteiger partial charge >= 0.3 is 0 Å². The van der Waals surface area contributed by atoms with Crippen LogP contribution in [-0.2, 0) is 0 Å². The molecule has 0 atom stereocenters. The molecule has 0 bridgehead atoms. The van der Waals surface area contributed by atoms with E-state index in [1.165, 1.54) is 0 Å². The van der Waals surface area contributed by atoms with E-state index < -0.39 is 0 Å². The van der Waals surface area contributed by atoms with Gasteiger partial charge in [-0.2, -0.15) is 0 Å². The Morgan fingerprint density at radius 1 is 0.714 bits per heavy atom. The van der Waals surface area contributed by atoms with E-state index in [0.717, 1.165) is 12.8 Å². The standard InChI is InChI=1S/C6H8.H2O/c1-2-4-6-5-3-1;/h1-2,5-6H,3-4H2;1H2. The van der Waals surface area contributed by atoms with Crippen molar-refractivity contribution in [3.8, 4) is 0 Å². The summed E-state index contributed by atoms with van der Waals surface area (Å²) in [5.41, 5.74) is 0. The maximum atomic E-state index is 2.18. The Morgan fingerprint density at radius 2 is 1.00 bits per heavy atom. The summed E-state index contributed by atoms with van der Waals surface area (Å²) in [4.78, 5) is 0. The van der Waals surface area contributed by atoms with Gasteiger partial charge in [0, 0.05) is 0 Å². The number of hydrogen-bond acceptors (Lipinski definition) is 0. The Labute approximate surface area is 43.7 Å². The summed E-state index contributed by atoms with van der Waals surface area (Å²) in [5.74, 6) is 0. The molecule has 1 nitrogen and oxygen atoms in total. The summed E-state index contributed by atoms with van der Waals surface area (Å²) < 4.78 is 0. The van der Waals surface area contributed by atoms with Gasteiger partial charge in [0.25, 0.3) is 0 Å². The summed E-state index contributed by atoms with van der Waals surface area (Å²) in [5, 5.41) is 0. The molecule has 0 unspecified atom stereocenters. The van der Waals surface area contributed by atoms with Crippen molar-refractivity contribution in [1.82, 2.24) is 0 Å². The van der Waals surface area contributed by atoms with Crippen LogP contribution in [-0.4, -0.2) is 5.48 Å². The Bertz CT molecular complexity index is 62.2. The SMILES string of the molecule is C1=CCC=CC1.O. The Hall–Kier alpha value is -0.560. The lowest BCUT2D eigenvalue weighted by Gasteiger charge is -1.87. The first-order valence-electron chi connectivity index (χ1n) is 2.30. The molecule has 0 aromatic carbocycles. The van der Waals surface area contributed by atoms with Gasteiger partial charge in [0.05, 0.1) is 0 Å². The van der Waals surface area contributed by atoms with Gasteiger partial charge in [-0.25, -0.2) is 0 Å². The highest BCUT2D eigenvalue weighted by molar-refractivity contribution is 5.02. The molecular weight excluding hydrogens is 88.1 g/mol. The van der Waals surface area contributed by atoms with Crippen LogP contribution in [0.15, 0.2) is 24.3 Å². The Balaban J connectivity index is 0.000000360. The summed E-state index contributed by atoms with van der Waals surface area (Å²) >= 11 is 0. The lowest BCUT2D eigenvalue weighted by Crippen LogP contribution is -1.66. The summed E-state index contributed by atoms with van der Waals surface area (Å²) in [6.07, 6.45) is 11.0. The minimum Gasteiger partial charge on any atom is -0.412 e. The number of hydrogen-bond donors (Lipinski definition) is 0. The van der Waals surface area contributed by atoms with E-state index >= 15 is 0 Å². The van der Waals surface area contributed by atoms with Gasteiger partial charge < -0.3 is 5.48 Å². The van der Waals surface area contributed by atoms with Gasteiger partial charge in [0.2, 0.25) is 0 Å². The molecule has 2 N–H and O–H groups in total. The molecule has 0 radical (unpaired) electrons. The highest BCUT2D eigenvalue weighted by Gasteiger charge is 1.76. The molecule has 0 saturated carbocycles. The average molecular weight is 98.1 g/mol. The van der Waals surface area contributed by atoms with Crippen LogP contribution in [0.4, 0.5) is 0 Å². The average Bonchev–Trinajstić information content (AvgIpc) is 1.72. The zero-order valence-electron chi connectivity index (χ0n) is 4.22. The molecule has 0 aromatic heterocycles. The quantitative estimate of drug-likeness (QED) is 0.406. The van der Waals surface area contributed by atoms with Gasteiger partial charge in [0.15, 0.2) is 0 Å². The van der Waals surface area contributed by atoms with Crippen LogP contribution in [0, 0.1) is 0 Å². The van der Waals surface area contributed by atoms with Crippen molar-refractivity contribution in [3.63, 3.8) is 0 Å². The van der Waals surface area contributed by atoms with Crippen molar-refractivity contribution in [1.29, 1.82) is 0 Å². The fraction of sp³-hybridized carbons (Fsp3) is 0.333. The molecule has 0 spiro atoms. The maximum absolute atomic E-state index is 2.18. The molecule has 0 aliphatic heterocycles. The largest absolute Gasteiger partial charge is 0.412 e. The predicted molar refractivity (Wildman–Crippen MR) is 31.1 cm³/mol. The van der Waals surface area contributed by atoms with Gasteiger partial charge in [-0.05, 0) is 12.8 Å². The summed E-state index contributed by atoms with van der Waals surface area (Å²) in [6, 6.07) is 0. The van der Waals surface area contributed by atoms with Crippen LogP contribution in [0.3, 0.4) is 0 Å². The van der Waals surface area contributed by atoms with E-state index in [4.69, 9.17) is 0 Å². The van der Waals surface area contributed by atoms with Crippen LogP contribution in [0.2, 0.25) is 0 Å². The second-order valence-corrected chi connectivity index (χ2v) is 1.41. The summed E-state index contributed by atoms with van der Waals surface area (Å²) in [7, 11) is 0. The molecule has 0 saturated heterocycles. The molecule has 7 heavy (non-hydrogen) atoms. The first-order chi connectivity index (χ1) is 3.00.